The topological polar surface area (TPSA) is 79.2 Å². The third-order valence-electron chi connectivity index (χ3n) is 5.20. The molecule has 2 aromatic carbocycles. The quantitative estimate of drug-likeness (QED) is 0.565. The highest BCUT2D eigenvalue weighted by Crippen LogP contribution is 2.48. The fourth-order valence-electron chi connectivity index (χ4n) is 4.00. The summed E-state index contributed by atoms with van der Waals surface area (Å²) in [6.07, 6.45) is 1.71. The lowest BCUT2D eigenvalue weighted by Crippen LogP contribution is -2.44. The number of aromatic nitrogens is 1. The van der Waals surface area contributed by atoms with Gasteiger partial charge in [0, 0.05) is 50.9 Å². The minimum Gasteiger partial charge on any atom is -0.361 e. The molecule has 0 fully saturated rings. The van der Waals surface area contributed by atoms with E-state index in [9.17, 15) is 14.9 Å². The van der Waals surface area contributed by atoms with Gasteiger partial charge in [0.15, 0.2) is 5.41 Å². The lowest BCUT2D eigenvalue weighted by Gasteiger charge is -2.24. The van der Waals surface area contributed by atoms with Crippen LogP contribution in [0, 0.1) is 17.0 Å². The zero-order valence-electron chi connectivity index (χ0n) is 14.2. The van der Waals surface area contributed by atoms with Crippen molar-refractivity contribution in [1.82, 2.24) is 4.98 Å². The molecule has 1 aliphatic rings. The lowest BCUT2D eigenvalue weighted by atomic mass is 9.75. The fraction of sp³-hybridized carbons (Fsp3) is 0.211. The van der Waals surface area contributed by atoms with Gasteiger partial charge in [-0.2, -0.15) is 0 Å². The number of nitrogens with one attached hydrogen (secondary N) is 1. The normalized spacial score (nSPS) is 19.2. The Labute approximate surface area is 154 Å². The summed E-state index contributed by atoms with van der Waals surface area (Å²) < 4.78 is 0. The van der Waals surface area contributed by atoms with Gasteiger partial charge in [0.05, 0.1) is 0 Å². The Kier molecular flexibility index (Phi) is 3.56. The smallest absolute Gasteiger partial charge is 0.248 e. The molecule has 1 amide bonds. The summed E-state index contributed by atoms with van der Waals surface area (Å²) in [5, 5.41) is 12.8. The first-order valence-corrected chi connectivity index (χ1v) is 8.51. The fourth-order valence-corrected chi connectivity index (χ4v) is 4.18. The molecule has 0 saturated carbocycles. The number of fused-ring (bicyclic) bond motifs is 2. The number of carbonyl (C=O) groups excluding carboxylic acids is 1. The molecular weight excluding hydrogens is 354 g/mol. The first kappa shape index (κ1) is 16.6. The number of nitro groups is 1. The summed E-state index contributed by atoms with van der Waals surface area (Å²) in [6.45, 7) is 1.42. The van der Waals surface area contributed by atoms with Crippen LogP contribution >= 0.6 is 11.6 Å². The monoisotopic (exact) mass is 369 g/mol. The van der Waals surface area contributed by atoms with E-state index in [1.807, 2.05) is 25.1 Å². The number of benzene rings is 2. The Morgan fingerprint density at radius 2 is 2.04 bits per heavy atom. The SMILES string of the molecule is Cc1cccc2c([C@]3(C[N+](=O)[O-])C(=O)N(C)c4ccc(Cl)cc43)c[nH]c12. The molecule has 0 bridgehead atoms. The molecule has 26 heavy (non-hydrogen) atoms. The number of aryl methyl sites for hydroxylation is 1. The van der Waals surface area contributed by atoms with Crippen molar-refractivity contribution in [3.63, 3.8) is 0 Å². The molecule has 1 N–H and O–H groups in total. The lowest BCUT2D eigenvalue weighted by molar-refractivity contribution is -0.486. The summed E-state index contributed by atoms with van der Waals surface area (Å²) in [6, 6.07) is 10.8. The van der Waals surface area contributed by atoms with Crippen molar-refractivity contribution in [1.29, 1.82) is 0 Å². The van der Waals surface area contributed by atoms with Crippen molar-refractivity contribution in [2.45, 2.75) is 12.3 Å². The number of hydrogen-bond donors (Lipinski definition) is 1. The molecular formula is C19H16ClN3O3. The number of carbonyl (C=O) groups is 1. The van der Waals surface area contributed by atoms with Crippen molar-refractivity contribution < 1.29 is 9.72 Å². The third-order valence-corrected chi connectivity index (χ3v) is 5.43. The first-order valence-electron chi connectivity index (χ1n) is 8.13. The van der Waals surface area contributed by atoms with Crippen LogP contribution in [0.5, 0.6) is 0 Å². The molecule has 3 aromatic rings. The van der Waals surface area contributed by atoms with E-state index in [-0.39, 0.29) is 5.91 Å². The van der Waals surface area contributed by atoms with Crippen molar-refractivity contribution >= 4 is 34.1 Å². The van der Waals surface area contributed by atoms with E-state index in [0.29, 0.717) is 21.8 Å². The molecule has 0 saturated heterocycles. The molecule has 1 aliphatic heterocycles. The van der Waals surface area contributed by atoms with Crippen LogP contribution in [0.1, 0.15) is 16.7 Å². The van der Waals surface area contributed by atoms with Gasteiger partial charge in [0.1, 0.15) is 0 Å². The van der Waals surface area contributed by atoms with E-state index >= 15 is 0 Å². The molecule has 1 aromatic heterocycles. The second kappa shape index (κ2) is 5.57. The van der Waals surface area contributed by atoms with Crippen LogP contribution in [0.2, 0.25) is 5.02 Å². The number of H-pyrrole nitrogens is 1. The summed E-state index contributed by atoms with van der Waals surface area (Å²) in [5.41, 5.74) is 2.28. The molecule has 4 rings (SSSR count). The zero-order chi connectivity index (χ0) is 18.6. The third kappa shape index (κ3) is 2.08. The van der Waals surface area contributed by atoms with E-state index in [4.69, 9.17) is 11.6 Å². The number of likely N-dealkylation sites (N-methyl/N-ethyl adjacent to an activating group) is 1. The van der Waals surface area contributed by atoms with Crippen molar-refractivity contribution in [2.24, 2.45) is 0 Å². The number of rotatable bonds is 3. The highest BCUT2D eigenvalue weighted by atomic mass is 35.5. The maximum atomic E-state index is 13.3. The van der Waals surface area contributed by atoms with Gasteiger partial charge in [0.2, 0.25) is 12.5 Å². The molecule has 1 atom stereocenters. The van der Waals surface area contributed by atoms with Gasteiger partial charge in [-0.1, -0.05) is 29.8 Å². The van der Waals surface area contributed by atoms with Gasteiger partial charge in [-0.05, 0) is 30.7 Å². The highest BCUT2D eigenvalue weighted by Gasteiger charge is 2.56. The molecule has 2 heterocycles. The van der Waals surface area contributed by atoms with Gasteiger partial charge in [-0.25, -0.2) is 0 Å². The summed E-state index contributed by atoms with van der Waals surface area (Å²) in [5.74, 6) is -0.325. The van der Waals surface area contributed by atoms with Crippen LogP contribution in [-0.4, -0.2) is 29.4 Å². The zero-order valence-corrected chi connectivity index (χ0v) is 15.0. The van der Waals surface area contributed by atoms with Crippen LogP contribution in [0.4, 0.5) is 5.69 Å². The van der Waals surface area contributed by atoms with E-state index < -0.39 is 16.9 Å². The van der Waals surface area contributed by atoms with Gasteiger partial charge in [0.25, 0.3) is 0 Å². The number of anilines is 1. The van der Waals surface area contributed by atoms with Crippen LogP contribution in [-0.2, 0) is 10.2 Å². The predicted octanol–water partition coefficient (Wildman–Crippen LogP) is 3.67. The van der Waals surface area contributed by atoms with Crippen LogP contribution in [0.3, 0.4) is 0 Å². The van der Waals surface area contributed by atoms with E-state index in [0.717, 1.165) is 16.5 Å². The Morgan fingerprint density at radius 1 is 1.27 bits per heavy atom. The molecule has 6 nitrogen and oxygen atoms in total. The average molecular weight is 370 g/mol. The van der Waals surface area contributed by atoms with Crippen LogP contribution in [0.15, 0.2) is 42.6 Å². The molecule has 0 radical (unpaired) electrons. The van der Waals surface area contributed by atoms with Gasteiger partial charge >= 0.3 is 0 Å². The van der Waals surface area contributed by atoms with E-state index in [1.54, 1.807) is 31.4 Å². The van der Waals surface area contributed by atoms with E-state index in [2.05, 4.69) is 4.98 Å². The molecule has 0 spiro atoms. The summed E-state index contributed by atoms with van der Waals surface area (Å²) in [7, 11) is 1.64. The number of aromatic amines is 1. The maximum Gasteiger partial charge on any atom is 0.248 e. The first-order chi connectivity index (χ1) is 12.4. The average Bonchev–Trinajstić information content (AvgIpc) is 3.11. The Balaban J connectivity index is 2.11. The molecule has 132 valence electrons. The minimum absolute atomic E-state index is 0.325. The van der Waals surface area contributed by atoms with Gasteiger partial charge in [-0.3, -0.25) is 14.9 Å². The minimum atomic E-state index is -1.41. The molecule has 7 heteroatoms. The second-order valence-corrected chi connectivity index (χ2v) is 7.06. The molecule has 0 aliphatic carbocycles. The Hall–Kier alpha value is -2.86. The van der Waals surface area contributed by atoms with Crippen LogP contribution < -0.4 is 4.90 Å². The number of halogens is 1. The van der Waals surface area contributed by atoms with E-state index in [1.165, 1.54) is 4.90 Å². The standard InChI is InChI=1S/C19H16ClN3O3/c1-11-4-3-5-13-15(9-21-17(11)13)19(10-23(25)26)14-8-12(20)6-7-16(14)22(2)18(19)24/h3-9,21H,10H2,1-2H3/t19-/m1/s1. The van der Waals surface area contributed by atoms with Gasteiger partial charge in [-0.15, -0.1) is 0 Å². The number of amides is 1. The summed E-state index contributed by atoms with van der Waals surface area (Å²) in [4.78, 5) is 29.1. The Morgan fingerprint density at radius 3 is 2.77 bits per heavy atom. The maximum absolute atomic E-state index is 13.3. The van der Waals surface area contributed by atoms with Crippen molar-refractivity contribution in [3.05, 3.63) is 74.4 Å². The number of nitrogens with zero attached hydrogens (tertiary/aromatic N) is 2. The summed E-state index contributed by atoms with van der Waals surface area (Å²) >= 11 is 6.18. The number of para-hydroxylation sites is 1. The van der Waals surface area contributed by atoms with Crippen molar-refractivity contribution in [3.8, 4) is 0 Å². The van der Waals surface area contributed by atoms with Crippen LogP contribution in [0.25, 0.3) is 10.9 Å². The predicted molar refractivity (Wildman–Crippen MR) is 101 cm³/mol. The highest BCUT2D eigenvalue weighted by molar-refractivity contribution is 6.31. The Bertz CT molecular complexity index is 1080. The number of hydrogen-bond acceptors (Lipinski definition) is 3. The largest absolute Gasteiger partial charge is 0.361 e. The van der Waals surface area contributed by atoms with Crippen molar-refractivity contribution in [2.75, 3.05) is 18.5 Å². The molecule has 0 unspecified atom stereocenters. The second-order valence-electron chi connectivity index (χ2n) is 6.62. The van der Waals surface area contributed by atoms with Gasteiger partial charge < -0.3 is 9.88 Å².